The van der Waals surface area contributed by atoms with Gasteiger partial charge in [-0.1, -0.05) is 82.0 Å². The number of hydrogen-bond donors (Lipinski definition) is 5. The number of nitrogens with zero attached hydrogens (tertiary/aromatic N) is 1. The molecule has 0 fully saturated rings. The Kier molecular flexibility index (Phi) is 37.5. The number of hydrazine groups is 1. The van der Waals surface area contributed by atoms with E-state index < -0.39 is 0 Å². The lowest BCUT2D eigenvalue weighted by atomic mass is 10.3. The lowest BCUT2D eigenvalue weighted by molar-refractivity contribution is 1.14. The average Bonchev–Trinajstić information content (AvgIpc) is 2.77. The number of anilines is 1. The smallest absolute Gasteiger partial charge is 0.0628 e. The zero-order chi connectivity index (χ0) is 21.2. The van der Waals surface area contributed by atoms with Gasteiger partial charge in [-0.15, -0.1) is 0 Å². The third kappa shape index (κ3) is 25.5. The Balaban J connectivity index is -0.000000141. The highest BCUT2D eigenvalue weighted by Crippen LogP contribution is 2.06. The van der Waals surface area contributed by atoms with Gasteiger partial charge in [-0.3, -0.25) is 16.7 Å². The molecule has 0 aliphatic heterocycles. The van der Waals surface area contributed by atoms with Crippen molar-refractivity contribution in [3.63, 3.8) is 0 Å². The minimum absolute atomic E-state index is 0. The second kappa shape index (κ2) is 31.9. The fraction of sp³-hybridized carbons (Fsp3) is 0.227. The molecule has 0 saturated heterocycles. The number of benzene rings is 2. The first-order valence-corrected chi connectivity index (χ1v) is 8.90. The first-order valence-electron chi connectivity index (χ1n) is 8.90. The van der Waals surface area contributed by atoms with Crippen LogP contribution in [0.2, 0.25) is 0 Å². The first-order chi connectivity index (χ1) is 13.3. The van der Waals surface area contributed by atoms with Gasteiger partial charge in [-0.25, -0.2) is 0 Å². The predicted molar refractivity (Wildman–Crippen MR) is 129 cm³/mol. The van der Waals surface area contributed by atoms with Crippen LogP contribution in [0.5, 0.6) is 0 Å². The van der Waals surface area contributed by atoms with E-state index in [9.17, 15) is 0 Å². The van der Waals surface area contributed by atoms with Crippen molar-refractivity contribution in [2.24, 2.45) is 22.4 Å². The number of allylic oxidation sites excluding steroid dienone is 3. The second-order valence-electron chi connectivity index (χ2n) is 4.31. The lowest BCUT2D eigenvalue weighted by Crippen LogP contribution is -2.10. The van der Waals surface area contributed by atoms with Crippen molar-refractivity contribution < 1.29 is 0 Å². The molecule has 0 aromatic heterocycles. The first kappa shape index (κ1) is 32.9. The maximum Gasteiger partial charge on any atom is 0.0628 e. The van der Waals surface area contributed by atoms with Gasteiger partial charge in [0.25, 0.3) is 0 Å². The molecule has 0 amide bonds. The number of para-hydroxylation sites is 2. The Morgan fingerprint density at radius 3 is 1.71 bits per heavy atom. The SMILES string of the molecule is C=C/C=C\CC.C=Nc1ccccc1.CC.N.NCNc1ccccc1.NN. The van der Waals surface area contributed by atoms with Gasteiger partial charge >= 0.3 is 0 Å². The van der Waals surface area contributed by atoms with Crippen molar-refractivity contribution in [3.05, 3.63) is 85.5 Å². The highest BCUT2D eigenvalue weighted by atomic mass is 15.0. The Morgan fingerprint density at radius 1 is 0.964 bits per heavy atom. The second-order valence-corrected chi connectivity index (χ2v) is 4.31. The van der Waals surface area contributed by atoms with Crippen LogP contribution in [0.3, 0.4) is 0 Å². The van der Waals surface area contributed by atoms with Gasteiger partial charge in [0.15, 0.2) is 0 Å². The summed E-state index contributed by atoms with van der Waals surface area (Å²) in [6, 6.07) is 19.5. The molecular formula is C22H40N6. The van der Waals surface area contributed by atoms with Crippen molar-refractivity contribution in [1.29, 1.82) is 0 Å². The molecular weight excluding hydrogens is 348 g/mol. The molecule has 0 aliphatic rings. The van der Waals surface area contributed by atoms with E-state index in [2.05, 4.69) is 48.3 Å². The summed E-state index contributed by atoms with van der Waals surface area (Å²) in [5, 5.41) is 2.99. The largest absolute Gasteiger partial charge is 0.373 e. The highest BCUT2D eigenvalue weighted by molar-refractivity contribution is 5.44. The van der Waals surface area contributed by atoms with Gasteiger partial charge in [-0.2, -0.15) is 0 Å². The van der Waals surface area contributed by atoms with E-state index in [1.807, 2.05) is 80.6 Å². The maximum atomic E-state index is 5.25. The summed E-state index contributed by atoms with van der Waals surface area (Å²) < 4.78 is 0. The lowest BCUT2D eigenvalue weighted by Gasteiger charge is -1.99. The molecule has 0 unspecified atom stereocenters. The molecule has 0 radical (unpaired) electrons. The Morgan fingerprint density at radius 2 is 1.43 bits per heavy atom. The molecule has 0 aliphatic carbocycles. The normalized spacial score (nSPS) is 7.79. The summed E-state index contributed by atoms with van der Waals surface area (Å²) in [7, 11) is 0. The van der Waals surface area contributed by atoms with Crippen LogP contribution < -0.4 is 28.9 Å². The fourth-order valence-electron chi connectivity index (χ4n) is 1.44. The Hall–Kier alpha value is -2.77. The van der Waals surface area contributed by atoms with Crippen molar-refractivity contribution in [3.8, 4) is 0 Å². The van der Waals surface area contributed by atoms with E-state index in [0.29, 0.717) is 6.67 Å². The molecule has 2 rings (SSSR count). The quantitative estimate of drug-likeness (QED) is 0.158. The van der Waals surface area contributed by atoms with E-state index in [0.717, 1.165) is 17.8 Å². The molecule has 0 saturated carbocycles. The number of nitrogens with one attached hydrogen (secondary N) is 1. The highest BCUT2D eigenvalue weighted by Gasteiger charge is 1.81. The van der Waals surface area contributed by atoms with Crippen LogP contribution in [0.25, 0.3) is 0 Å². The minimum Gasteiger partial charge on any atom is -0.373 e. The monoisotopic (exact) mass is 388 g/mol. The number of rotatable bonds is 5. The van der Waals surface area contributed by atoms with Gasteiger partial charge in [0.1, 0.15) is 0 Å². The number of aliphatic imine (C=N–C) groups is 1. The van der Waals surface area contributed by atoms with Crippen LogP contribution >= 0.6 is 0 Å². The van der Waals surface area contributed by atoms with E-state index in [1.165, 1.54) is 0 Å². The minimum atomic E-state index is 0. The standard InChI is InChI=1S/C7H10N2.C7H7N.C6H10.C2H6.H4N2.H3N/c8-6-9-7-4-2-1-3-5-7;1-8-7-5-3-2-4-6-7;1-3-5-6-4-2;2*1-2;/h1-5,9H,6,8H2;2-6H,1H2;3,5-6H,1,4H2,2H3;1-2H3;1-2H2;1H3/b;;6-5-;;;. The zero-order valence-electron chi connectivity index (χ0n) is 17.7. The van der Waals surface area contributed by atoms with Gasteiger partial charge in [0, 0.05) is 5.69 Å². The summed E-state index contributed by atoms with van der Waals surface area (Å²) in [6.45, 7) is 13.5. The summed E-state index contributed by atoms with van der Waals surface area (Å²) >= 11 is 0. The van der Waals surface area contributed by atoms with Crippen LogP contribution in [-0.4, -0.2) is 13.4 Å². The Labute approximate surface area is 171 Å². The molecule has 158 valence electrons. The van der Waals surface area contributed by atoms with Crippen molar-refractivity contribution in [2.45, 2.75) is 27.2 Å². The van der Waals surface area contributed by atoms with Crippen molar-refractivity contribution in [2.75, 3.05) is 12.0 Å². The van der Waals surface area contributed by atoms with E-state index in [1.54, 1.807) is 6.08 Å². The number of hydrogen-bond acceptors (Lipinski definition) is 6. The van der Waals surface area contributed by atoms with Crippen molar-refractivity contribution in [1.82, 2.24) is 6.15 Å². The summed E-state index contributed by atoms with van der Waals surface area (Å²) in [5.74, 6) is 8.00. The zero-order valence-corrected chi connectivity index (χ0v) is 17.7. The third-order valence-electron chi connectivity index (χ3n) is 2.53. The maximum absolute atomic E-state index is 5.25. The van der Waals surface area contributed by atoms with E-state index in [4.69, 9.17) is 5.73 Å². The van der Waals surface area contributed by atoms with Crippen molar-refractivity contribution >= 4 is 18.1 Å². The third-order valence-corrected chi connectivity index (χ3v) is 2.53. The van der Waals surface area contributed by atoms with E-state index >= 15 is 0 Å². The molecule has 0 atom stereocenters. The van der Waals surface area contributed by atoms with Gasteiger partial charge in [0.05, 0.1) is 12.4 Å². The molecule has 2 aromatic rings. The van der Waals surface area contributed by atoms with E-state index in [-0.39, 0.29) is 6.15 Å². The van der Waals surface area contributed by atoms with Crippen LogP contribution in [0, 0.1) is 0 Å². The average molecular weight is 389 g/mol. The number of nitrogens with two attached hydrogens (primary N) is 3. The molecule has 0 spiro atoms. The molecule has 6 nitrogen and oxygen atoms in total. The van der Waals surface area contributed by atoms with Crippen LogP contribution in [-0.2, 0) is 0 Å². The summed E-state index contributed by atoms with van der Waals surface area (Å²) in [5.41, 5.74) is 7.24. The molecule has 0 bridgehead atoms. The summed E-state index contributed by atoms with van der Waals surface area (Å²) in [6.07, 6.45) is 6.89. The molecule has 10 N–H and O–H groups in total. The van der Waals surface area contributed by atoms with Gasteiger partial charge in [-0.05, 0) is 37.4 Å². The van der Waals surface area contributed by atoms with Gasteiger partial charge < -0.3 is 17.2 Å². The topological polar surface area (TPSA) is 137 Å². The van der Waals surface area contributed by atoms with Gasteiger partial charge in [0.2, 0.25) is 0 Å². The Bertz CT molecular complexity index is 541. The molecule has 6 heteroatoms. The molecule has 28 heavy (non-hydrogen) atoms. The van der Waals surface area contributed by atoms with Crippen LogP contribution in [0.15, 0.2) is 90.5 Å². The van der Waals surface area contributed by atoms with Crippen LogP contribution in [0.1, 0.15) is 27.2 Å². The fourth-order valence-corrected chi connectivity index (χ4v) is 1.44. The summed E-state index contributed by atoms with van der Waals surface area (Å²) in [4.78, 5) is 3.72. The predicted octanol–water partition coefficient (Wildman–Crippen LogP) is 5.18. The molecule has 2 aromatic carbocycles. The molecule has 0 heterocycles. The van der Waals surface area contributed by atoms with Crippen LogP contribution in [0.4, 0.5) is 11.4 Å².